The van der Waals surface area contributed by atoms with Crippen molar-refractivity contribution >= 4 is 5.71 Å². The molecule has 3 aliphatic rings. The molecule has 0 heterocycles. The molecule has 3 aliphatic carbocycles. The van der Waals surface area contributed by atoms with Crippen LogP contribution in [0.3, 0.4) is 0 Å². The van der Waals surface area contributed by atoms with Crippen molar-refractivity contribution in [3.8, 4) is 5.75 Å². The number of aliphatic hydroxyl groups is 1. The second-order valence-corrected chi connectivity index (χ2v) is 7.14. The Morgan fingerprint density at radius 3 is 2.91 bits per heavy atom. The third kappa shape index (κ3) is 1.70. The van der Waals surface area contributed by atoms with E-state index >= 15 is 0 Å². The summed E-state index contributed by atoms with van der Waals surface area (Å²) in [5, 5.41) is 32.7. The molecule has 1 aromatic carbocycles. The van der Waals surface area contributed by atoms with Crippen LogP contribution >= 0.6 is 0 Å². The number of nitrogens with zero attached hydrogens (tertiary/aromatic N) is 1. The summed E-state index contributed by atoms with van der Waals surface area (Å²) in [5.74, 6) is 0.934. The average molecular weight is 299 g/mol. The maximum absolute atomic E-state index is 10.5. The number of oxime groups is 1. The van der Waals surface area contributed by atoms with E-state index < -0.39 is 6.10 Å². The van der Waals surface area contributed by atoms with Gasteiger partial charge < -0.3 is 15.4 Å². The highest BCUT2D eigenvalue weighted by molar-refractivity contribution is 5.92. The first-order valence-corrected chi connectivity index (χ1v) is 7.95. The van der Waals surface area contributed by atoms with E-state index in [0.29, 0.717) is 23.8 Å². The van der Waals surface area contributed by atoms with Gasteiger partial charge in [-0.3, -0.25) is 0 Å². The molecule has 0 saturated heterocycles. The summed E-state index contributed by atoms with van der Waals surface area (Å²) in [7, 11) is 0. The van der Waals surface area contributed by atoms with Gasteiger partial charge in [0.1, 0.15) is 11.9 Å². The van der Waals surface area contributed by atoms with Crippen LogP contribution in [0.15, 0.2) is 35.0 Å². The fraction of sp³-hybridized carbons (Fsp3) is 0.500. The fourth-order valence-electron chi connectivity index (χ4n) is 4.85. The highest BCUT2D eigenvalue weighted by atomic mass is 16.4. The average Bonchev–Trinajstić information content (AvgIpc) is 2.78. The minimum Gasteiger partial charge on any atom is -0.508 e. The number of hydrogen-bond acceptors (Lipinski definition) is 4. The molecule has 0 bridgehead atoms. The lowest BCUT2D eigenvalue weighted by molar-refractivity contribution is 0.0501. The van der Waals surface area contributed by atoms with Crippen molar-refractivity contribution in [2.45, 2.75) is 44.6 Å². The Morgan fingerprint density at radius 2 is 2.14 bits per heavy atom. The molecule has 1 unspecified atom stereocenters. The van der Waals surface area contributed by atoms with Gasteiger partial charge in [-0.25, -0.2) is 0 Å². The minimum atomic E-state index is -0.648. The first kappa shape index (κ1) is 13.8. The Kier molecular flexibility index (Phi) is 2.89. The van der Waals surface area contributed by atoms with Crippen LogP contribution in [0.25, 0.3) is 0 Å². The minimum absolute atomic E-state index is 0.224. The van der Waals surface area contributed by atoms with E-state index in [1.807, 2.05) is 12.1 Å². The van der Waals surface area contributed by atoms with E-state index in [4.69, 9.17) is 5.21 Å². The lowest BCUT2D eigenvalue weighted by Gasteiger charge is -2.45. The van der Waals surface area contributed by atoms with Crippen molar-refractivity contribution in [3.05, 3.63) is 41.0 Å². The molecule has 116 valence electrons. The normalized spacial score (nSPS) is 38.2. The summed E-state index contributed by atoms with van der Waals surface area (Å²) >= 11 is 0. The quantitative estimate of drug-likeness (QED) is 0.392. The Morgan fingerprint density at radius 1 is 1.32 bits per heavy atom. The number of benzene rings is 1. The number of hydrogen-bond donors (Lipinski definition) is 3. The third-order valence-corrected chi connectivity index (χ3v) is 6.11. The molecular weight excluding hydrogens is 278 g/mol. The van der Waals surface area contributed by atoms with Gasteiger partial charge in [0.15, 0.2) is 0 Å². The van der Waals surface area contributed by atoms with Gasteiger partial charge in [0.25, 0.3) is 0 Å². The molecule has 4 rings (SSSR count). The van der Waals surface area contributed by atoms with E-state index in [1.165, 1.54) is 16.7 Å². The van der Waals surface area contributed by atoms with E-state index in [2.05, 4.69) is 18.2 Å². The van der Waals surface area contributed by atoms with Gasteiger partial charge in [-0.05, 0) is 54.9 Å². The SMILES string of the molecule is C[C@]12CC[C@H]3C(=CCc4cc(O)ccc43)[C@@H]1CC(=NO)C2O. The first-order valence-electron chi connectivity index (χ1n) is 7.95. The topological polar surface area (TPSA) is 73.1 Å². The van der Waals surface area contributed by atoms with Crippen LogP contribution in [-0.4, -0.2) is 27.2 Å². The molecule has 0 aliphatic heterocycles. The molecule has 4 nitrogen and oxygen atoms in total. The van der Waals surface area contributed by atoms with Crippen LogP contribution in [0, 0.1) is 11.3 Å². The zero-order valence-electron chi connectivity index (χ0n) is 12.7. The monoisotopic (exact) mass is 299 g/mol. The maximum Gasteiger partial charge on any atom is 0.115 e. The Bertz CT molecular complexity index is 694. The molecule has 0 amide bonds. The number of rotatable bonds is 0. The molecule has 3 N–H and O–H groups in total. The Hall–Kier alpha value is -1.81. The predicted molar refractivity (Wildman–Crippen MR) is 83.3 cm³/mol. The molecule has 2 saturated carbocycles. The van der Waals surface area contributed by atoms with Crippen LogP contribution in [0.1, 0.15) is 43.2 Å². The van der Waals surface area contributed by atoms with Crippen molar-refractivity contribution in [2.24, 2.45) is 16.5 Å². The van der Waals surface area contributed by atoms with E-state index in [1.54, 1.807) is 6.07 Å². The highest BCUT2D eigenvalue weighted by Gasteiger charge is 2.55. The van der Waals surface area contributed by atoms with Crippen molar-refractivity contribution in [3.63, 3.8) is 0 Å². The summed E-state index contributed by atoms with van der Waals surface area (Å²) in [4.78, 5) is 0. The summed E-state index contributed by atoms with van der Waals surface area (Å²) in [6, 6.07) is 5.66. The lowest BCUT2D eigenvalue weighted by Crippen LogP contribution is -2.40. The lowest BCUT2D eigenvalue weighted by atomic mass is 9.59. The molecule has 0 aromatic heterocycles. The van der Waals surface area contributed by atoms with E-state index in [-0.39, 0.29) is 11.3 Å². The summed E-state index contributed by atoms with van der Waals surface area (Å²) in [5.41, 5.74) is 4.18. The second kappa shape index (κ2) is 4.59. The van der Waals surface area contributed by atoms with Crippen LogP contribution in [0.4, 0.5) is 0 Å². The summed E-state index contributed by atoms with van der Waals surface area (Å²) in [6.07, 6.45) is 4.99. The van der Waals surface area contributed by atoms with Crippen molar-refractivity contribution in [1.29, 1.82) is 0 Å². The fourth-order valence-corrected chi connectivity index (χ4v) is 4.85. The summed E-state index contributed by atoms with van der Waals surface area (Å²) in [6.45, 7) is 2.11. The maximum atomic E-state index is 10.5. The van der Waals surface area contributed by atoms with Crippen LogP contribution in [-0.2, 0) is 6.42 Å². The number of allylic oxidation sites excluding steroid dienone is 2. The smallest absolute Gasteiger partial charge is 0.115 e. The zero-order chi connectivity index (χ0) is 15.5. The van der Waals surface area contributed by atoms with E-state index in [0.717, 1.165) is 19.3 Å². The number of fused-ring (bicyclic) bond motifs is 5. The van der Waals surface area contributed by atoms with E-state index in [9.17, 15) is 10.2 Å². The highest BCUT2D eigenvalue weighted by Crippen LogP contribution is 2.58. The zero-order valence-corrected chi connectivity index (χ0v) is 12.7. The largest absolute Gasteiger partial charge is 0.508 e. The van der Waals surface area contributed by atoms with Crippen LogP contribution in [0.2, 0.25) is 0 Å². The molecule has 22 heavy (non-hydrogen) atoms. The van der Waals surface area contributed by atoms with Crippen molar-refractivity contribution in [2.75, 3.05) is 0 Å². The van der Waals surface area contributed by atoms with Gasteiger partial charge in [-0.1, -0.05) is 29.8 Å². The van der Waals surface area contributed by atoms with Crippen LogP contribution < -0.4 is 0 Å². The number of phenols is 1. The predicted octanol–water partition coefficient (Wildman–Crippen LogP) is 2.97. The number of aliphatic hydroxyl groups excluding tert-OH is 1. The van der Waals surface area contributed by atoms with Crippen molar-refractivity contribution in [1.82, 2.24) is 0 Å². The van der Waals surface area contributed by atoms with Crippen LogP contribution in [0.5, 0.6) is 5.75 Å². The number of aromatic hydroxyl groups is 1. The first-order chi connectivity index (χ1) is 10.5. The van der Waals surface area contributed by atoms with Gasteiger partial charge in [0.2, 0.25) is 0 Å². The molecule has 1 aromatic rings. The van der Waals surface area contributed by atoms with Gasteiger partial charge in [-0.2, -0.15) is 0 Å². The van der Waals surface area contributed by atoms with Gasteiger partial charge in [0, 0.05) is 11.3 Å². The summed E-state index contributed by atoms with van der Waals surface area (Å²) < 4.78 is 0. The number of phenolic OH excluding ortho intramolecular Hbond substituents is 1. The third-order valence-electron chi connectivity index (χ3n) is 6.11. The molecule has 4 atom stereocenters. The second-order valence-electron chi connectivity index (χ2n) is 7.14. The molecule has 4 heteroatoms. The van der Waals surface area contributed by atoms with Gasteiger partial charge >= 0.3 is 0 Å². The molecule has 0 spiro atoms. The Labute approximate surface area is 129 Å². The molecule has 2 fully saturated rings. The van der Waals surface area contributed by atoms with Gasteiger partial charge in [0.05, 0.1) is 5.71 Å². The van der Waals surface area contributed by atoms with Gasteiger partial charge in [-0.15, -0.1) is 0 Å². The Balaban J connectivity index is 1.76. The molecule has 0 radical (unpaired) electrons. The van der Waals surface area contributed by atoms with Crippen molar-refractivity contribution < 1.29 is 15.4 Å². The molecular formula is C18H21NO3. The standard InChI is InChI=1S/C18H21NO3/c1-18-7-6-13-12-5-3-11(20)8-10(12)2-4-14(13)15(18)9-16(19-22)17(18)21/h3-5,8,13,15,17,20-22H,2,6-7,9H2,1H3/t13-,15+,17?,18+/m1/s1.